The summed E-state index contributed by atoms with van der Waals surface area (Å²) in [5.41, 5.74) is -0.448. The Balaban J connectivity index is 1.79. The zero-order valence-electron chi connectivity index (χ0n) is 14.4. The van der Waals surface area contributed by atoms with Crippen LogP contribution in [0.5, 0.6) is 0 Å². The lowest BCUT2D eigenvalue weighted by Crippen LogP contribution is -2.45. The highest BCUT2D eigenvalue weighted by molar-refractivity contribution is 5.84. The van der Waals surface area contributed by atoms with Gasteiger partial charge in [0.1, 0.15) is 12.1 Å². The molecule has 2 saturated heterocycles. The standard InChI is InChI=1S/C16H30N4O2/c1-16(2,3)22-14(21)11-18-15(17-4)20-10-7-13(12-20)19-8-5-6-9-19/h13H,5-12H2,1-4H3,(H,17,18). The predicted octanol–water partition coefficient (Wildman–Crippen LogP) is 1.07. The predicted molar refractivity (Wildman–Crippen MR) is 88.0 cm³/mol. The highest BCUT2D eigenvalue weighted by atomic mass is 16.6. The first-order valence-corrected chi connectivity index (χ1v) is 8.30. The molecule has 1 atom stereocenters. The number of carbonyl (C=O) groups excluding carboxylic acids is 1. The van der Waals surface area contributed by atoms with Crippen LogP contribution in [0, 0.1) is 0 Å². The number of aliphatic imine (C=N–C) groups is 1. The molecule has 2 rings (SSSR count). The molecular weight excluding hydrogens is 280 g/mol. The Hall–Kier alpha value is -1.30. The van der Waals surface area contributed by atoms with Gasteiger partial charge >= 0.3 is 5.97 Å². The summed E-state index contributed by atoms with van der Waals surface area (Å²) in [4.78, 5) is 20.9. The van der Waals surface area contributed by atoms with Crippen molar-refractivity contribution < 1.29 is 9.53 Å². The van der Waals surface area contributed by atoms with E-state index in [1.165, 1.54) is 32.4 Å². The summed E-state index contributed by atoms with van der Waals surface area (Å²) in [5.74, 6) is 0.552. The molecule has 0 aliphatic carbocycles. The molecule has 0 amide bonds. The molecule has 1 unspecified atom stereocenters. The molecule has 126 valence electrons. The van der Waals surface area contributed by atoms with Crippen LogP contribution >= 0.6 is 0 Å². The van der Waals surface area contributed by atoms with Crippen molar-refractivity contribution in [3.05, 3.63) is 0 Å². The topological polar surface area (TPSA) is 57.2 Å². The molecule has 0 aromatic carbocycles. The van der Waals surface area contributed by atoms with Crippen LogP contribution in [0.4, 0.5) is 0 Å². The summed E-state index contributed by atoms with van der Waals surface area (Å²) >= 11 is 0. The van der Waals surface area contributed by atoms with E-state index in [4.69, 9.17) is 4.74 Å². The normalized spacial score (nSPS) is 23.9. The Morgan fingerprint density at radius 3 is 2.55 bits per heavy atom. The van der Waals surface area contributed by atoms with E-state index in [-0.39, 0.29) is 12.5 Å². The van der Waals surface area contributed by atoms with Crippen molar-refractivity contribution in [3.8, 4) is 0 Å². The quantitative estimate of drug-likeness (QED) is 0.480. The first-order chi connectivity index (χ1) is 10.4. The number of carbonyl (C=O) groups is 1. The summed E-state index contributed by atoms with van der Waals surface area (Å²) in [6.07, 6.45) is 3.82. The van der Waals surface area contributed by atoms with Crippen molar-refractivity contribution in [1.82, 2.24) is 15.1 Å². The Morgan fingerprint density at radius 2 is 1.95 bits per heavy atom. The van der Waals surface area contributed by atoms with Gasteiger partial charge in [-0.05, 0) is 53.1 Å². The van der Waals surface area contributed by atoms with Crippen LogP contribution in [0.3, 0.4) is 0 Å². The third kappa shape index (κ3) is 4.87. The molecule has 0 spiro atoms. The minimum Gasteiger partial charge on any atom is -0.459 e. The van der Waals surface area contributed by atoms with Gasteiger partial charge in [0.15, 0.2) is 5.96 Å². The van der Waals surface area contributed by atoms with Gasteiger partial charge in [0.05, 0.1) is 0 Å². The number of rotatable bonds is 3. The molecule has 2 heterocycles. The van der Waals surface area contributed by atoms with E-state index in [1.807, 2.05) is 20.8 Å². The van der Waals surface area contributed by atoms with Crippen LogP contribution < -0.4 is 5.32 Å². The molecule has 0 bridgehead atoms. The summed E-state index contributed by atoms with van der Waals surface area (Å²) in [7, 11) is 1.76. The van der Waals surface area contributed by atoms with Crippen molar-refractivity contribution >= 4 is 11.9 Å². The minimum atomic E-state index is -0.448. The van der Waals surface area contributed by atoms with Crippen LogP contribution in [0.1, 0.15) is 40.0 Å². The molecule has 1 N–H and O–H groups in total. The van der Waals surface area contributed by atoms with Crippen molar-refractivity contribution in [3.63, 3.8) is 0 Å². The number of nitrogens with zero attached hydrogens (tertiary/aromatic N) is 3. The molecule has 2 aliphatic heterocycles. The lowest BCUT2D eigenvalue weighted by atomic mass is 10.2. The van der Waals surface area contributed by atoms with Gasteiger partial charge in [-0.2, -0.15) is 0 Å². The van der Waals surface area contributed by atoms with Crippen LogP contribution in [-0.4, -0.2) is 73.1 Å². The van der Waals surface area contributed by atoms with E-state index in [2.05, 4.69) is 20.1 Å². The Labute approximate surface area is 133 Å². The molecule has 0 radical (unpaired) electrons. The van der Waals surface area contributed by atoms with Gasteiger partial charge < -0.3 is 15.0 Å². The van der Waals surface area contributed by atoms with Crippen molar-refractivity contribution in [2.24, 2.45) is 4.99 Å². The van der Waals surface area contributed by atoms with Crippen molar-refractivity contribution in [2.75, 3.05) is 39.8 Å². The molecule has 6 heteroatoms. The minimum absolute atomic E-state index is 0.162. The Bertz CT molecular complexity index is 411. The van der Waals surface area contributed by atoms with E-state index in [0.717, 1.165) is 19.0 Å². The maximum atomic E-state index is 11.8. The lowest BCUT2D eigenvalue weighted by molar-refractivity contribution is -0.153. The summed E-state index contributed by atoms with van der Waals surface area (Å²) in [5, 5.41) is 3.13. The van der Waals surface area contributed by atoms with Crippen LogP contribution in [0.25, 0.3) is 0 Å². The molecule has 0 saturated carbocycles. The van der Waals surface area contributed by atoms with Crippen LogP contribution in [0.15, 0.2) is 4.99 Å². The number of nitrogens with one attached hydrogen (secondary N) is 1. The second-order valence-electron chi connectivity index (χ2n) is 7.12. The summed E-state index contributed by atoms with van der Waals surface area (Å²) in [6.45, 7) is 10.2. The lowest BCUT2D eigenvalue weighted by Gasteiger charge is -2.25. The molecule has 2 aliphatic rings. The zero-order chi connectivity index (χ0) is 16.2. The first kappa shape index (κ1) is 17.1. The third-order valence-corrected chi connectivity index (χ3v) is 4.14. The van der Waals surface area contributed by atoms with Gasteiger partial charge in [-0.25, -0.2) is 0 Å². The molecular formula is C16H30N4O2. The van der Waals surface area contributed by atoms with Crippen molar-refractivity contribution in [2.45, 2.75) is 51.7 Å². The largest absolute Gasteiger partial charge is 0.459 e. The second kappa shape index (κ2) is 7.31. The van der Waals surface area contributed by atoms with Gasteiger partial charge in [0, 0.05) is 26.2 Å². The molecule has 0 aromatic heterocycles. The molecule has 2 fully saturated rings. The molecule has 0 aromatic rings. The highest BCUT2D eigenvalue weighted by Crippen LogP contribution is 2.20. The van der Waals surface area contributed by atoms with Crippen LogP contribution in [-0.2, 0) is 9.53 Å². The molecule has 22 heavy (non-hydrogen) atoms. The van der Waals surface area contributed by atoms with E-state index >= 15 is 0 Å². The number of ether oxygens (including phenoxy) is 1. The SMILES string of the molecule is CN=C(NCC(=O)OC(C)(C)C)N1CCC(N2CCCC2)C1. The van der Waals surface area contributed by atoms with E-state index in [1.54, 1.807) is 7.05 Å². The fraction of sp³-hybridized carbons (Fsp3) is 0.875. The molecule has 6 nitrogen and oxygen atoms in total. The monoisotopic (exact) mass is 310 g/mol. The van der Waals surface area contributed by atoms with Gasteiger partial charge in [-0.15, -0.1) is 0 Å². The van der Waals surface area contributed by atoms with Gasteiger partial charge in [0.25, 0.3) is 0 Å². The Morgan fingerprint density at radius 1 is 1.27 bits per heavy atom. The first-order valence-electron chi connectivity index (χ1n) is 8.30. The fourth-order valence-electron chi connectivity index (χ4n) is 3.20. The fourth-order valence-corrected chi connectivity index (χ4v) is 3.20. The van der Waals surface area contributed by atoms with E-state index < -0.39 is 5.60 Å². The van der Waals surface area contributed by atoms with Crippen LogP contribution in [0.2, 0.25) is 0 Å². The number of hydrogen-bond acceptors (Lipinski definition) is 4. The number of likely N-dealkylation sites (tertiary alicyclic amines) is 2. The highest BCUT2D eigenvalue weighted by Gasteiger charge is 2.30. The number of hydrogen-bond donors (Lipinski definition) is 1. The maximum absolute atomic E-state index is 11.8. The van der Waals surface area contributed by atoms with Crippen molar-refractivity contribution in [1.29, 1.82) is 0 Å². The smallest absolute Gasteiger partial charge is 0.325 e. The van der Waals surface area contributed by atoms with Gasteiger partial charge in [-0.1, -0.05) is 0 Å². The zero-order valence-corrected chi connectivity index (χ0v) is 14.4. The summed E-state index contributed by atoms with van der Waals surface area (Å²) < 4.78 is 5.31. The number of guanidine groups is 1. The van der Waals surface area contributed by atoms with E-state index in [9.17, 15) is 4.79 Å². The summed E-state index contributed by atoms with van der Waals surface area (Å²) in [6, 6.07) is 0.627. The average Bonchev–Trinajstić information content (AvgIpc) is 3.08. The second-order valence-corrected chi connectivity index (χ2v) is 7.12. The van der Waals surface area contributed by atoms with Gasteiger partial charge in [-0.3, -0.25) is 14.7 Å². The Kier molecular flexibility index (Phi) is 5.67. The average molecular weight is 310 g/mol. The number of esters is 1. The van der Waals surface area contributed by atoms with Gasteiger partial charge in [0.2, 0.25) is 0 Å². The third-order valence-electron chi connectivity index (χ3n) is 4.14. The maximum Gasteiger partial charge on any atom is 0.325 e. The van der Waals surface area contributed by atoms with E-state index in [0.29, 0.717) is 6.04 Å².